The maximum atomic E-state index is 12.8. The molecule has 3 aromatic rings. The molecular formula is C26H35N7O5S. The van der Waals surface area contributed by atoms with E-state index in [0.29, 0.717) is 43.4 Å². The molecule has 1 atom stereocenters. The van der Waals surface area contributed by atoms with Crippen LogP contribution < -0.4 is 14.8 Å². The monoisotopic (exact) mass is 557 g/mol. The number of β-amino-alcohol motifs (C(OH)–C–C–N with tert-alkyl or cyclic N) is 1. The Morgan fingerprint density at radius 2 is 2.00 bits per heavy atom. The number of nitrogens with one attached hydrogen (secondary N) is 2. The normalized spacial score (nSPS) is 21.8. The van der Waals surface area contributed by atoms with Gasteiger partial charge in [-0.2, -0.15) is 10.1 Å². The van der Waals surface area contributed by atoms with Crippen molar-refractivity contribution >= 4 is 32.8 Å². The van der Waals surface area contributed by atoms with Gasteiger partial charge in [-0.3, -0.25) is 4.79 Å². The summed E-state index contributed by atoms with van der Waals surface area (Å²) in [6.45, 7) is 1.37. The molecule has 0 spiro atoms. The third-order valence-corrected chi connectivity index (χ3v) is 8.89. The van der Waals surface area contributed by atoms with E-state index in [2.05, 4.69) is 25.1 Å². The van der Waals surface area contributed by atoms with Crippen molar-refractivity contribution in [2.45, 2.75) is 50.7 Å². The molecular weight excluding hydrogens is 522 g/mol. The van der Waals surface area contributed by atoms with Gasteiger partial charge in [0.05, 0.1) is 35.6 Å². The largest absolute Gasteiger partial charge is 0.493 e. The molecule has 2 fully saturated rings. The number of nitrogens with zero attached hydrogens (tertiary/aromatic N) is 5. The average Bonchev–Trinajstić information content (AvgIpc) is 3.58. The van der Waals surface area contributed by atoms with Crippen molar-refractivity contribution < 1.29 is 23.1 Å². The first kappa shape index (κ1) is 27.3. The number of aromatic nitrogens is 4. The number of likely N-dealkylation sites (tertiary alicyclic amines) is 1. The van der Waals surface area contributed by atoms with E-state index < -0.39 is 16.1 Å². The Morgan fingerprint density at radius 1 is 1.18 bits per heavy atom. The predicted molar refractivity (Wildman–Crippen MR) is 146 cm³/mol. The number of carbonyl (C=O) groups is 1. The lowest BCUT2D eigenvalue weighted by molar-refractivity contribution is -0.135. The molecule has 1 unspecified atom stereocenters. The van der Waals surface area contributed by atoms with Crippen molar-refractivity contribution in [3.63, 3.8) is 0 Å². The second-order valence-electron chi connectivity index (χ2n) is 10.1. The van der Waals surface area contributed by atoms with Crippen LogP contribution in [-0.4, -0.2) is 88.7 Å². The van der Waals surface area contributed by atoms with E-state index in [1.165, 1.54) is 7.05 Å². The van der Waals surface area contributed by atoms with E-state index in [0.717, 1.165) is 36.6 Å². The number of rotatable bonds is 10. The molecule has 1 aromatic carbocycles. The molecule has 1 aliphatic heterocycles. The molecule has 3 heterocycles. The first-order valence-corrected chi connectivity index (χ1v) is 15.1. The Labute approximate surface area is 227 Å². The molecule has 13 heteroatoms. The molecule has 2 aromatic heterocycles. The molecule has 12 nitrogen and oxygen atoms in total. The SMILES string of the molecule is CNS(=O)(=O)CCCOc1cccc2c1cnn2-c1ccnc(NC2CCC(C(=O)N3CCC(O)C3)CC2)n1. The summed E-state index contributed by atoms with van der Waals surface area (Å²) in [6.07, 6.45) is 7.34. The summed E-state index contributed by atoms with van der Waals surface area (Å²) in [5, 5.41) is 18.5. The Hall–Kier alpha value is -3.29. The van der Waals surface area contributed by atoms with E-state index >= 15 is 0 Å². The van der Waals surface area contributed by atoms with Crippen molar-refractivity contribution in [3.8, 4) is 11.6 Å². The van der Waals surface area contributed by atoms with Gasteiger partial charge >= 0.3 is 0 Å². The summed E-state index contributed by atoms with van der Waals surface area (Å²) in [4.78, 5) is 23.7. The fourth-order valence-electron chi connectivity index (χ4n) is 5.27. The smallest absolute Gasteiger partial charge is 0.225 e. The highest BCUT2D eigenvalue weighted by atomic mass is 32.2. The highest BCUT2D eigenvalue weighted by Crippen LogP contribution is 2.30. The van der Waals surface area contributed by atoms with Crippen LogP contribution in [0.15, 0.2) is 36.7 Å². The Morgan fingerprint density at radius 3 is 2.74 bits per heavy atom. The first-order chi connectivity index (χ1) is 18.8. The lowest BCUT2D eigenvalue weighted by Crippen LogP contribution is -2.38. The van der Waals surface area contributed by atoms with E-state index in [-0.39, 0.29) is 30.2 Å². The zero-order chi connectivity index (χ0) is 27.4. The van der Waals surface area contributed by atoms with Gasteiger partial charge < -0.3 is 20.1 Å². The average molecular weight is 558 g/mol. The van der Waals surface area contributed by atoms with Gasteiger partial charge in [0.1, 0.15) is 5.75 Å². The summed E-state index contributed by atoms with van der Waals surface area (Å²) >= 11 is 0. The van der Waals surface area contributed by atoms with Gasteiger partial charge in [0.2, 0.25) is 21.9 Å². The number of amides is 1. The highest BCUT2D eigenvalue weighted by molar-refractivity contribution is 7.89. The topological polar surface area (TPSA) is 152 Å². The summed E-state index contributed by atoms with van der Waals surface area (Å²) in [5.41, 5.74) is 0.811. The molecule has 1 amide bonds. The Balaban J connectivity index is 1.20. The maximum absolute atomic E-state index is 12.8. The summed E-state index contributed by atoms with van der Waals surface area (Å²) < 4.78 is 33.1. The number of hydrogen-bond donors (Lipinski definition) is 3. The standard InChI is InChI=1S/C26H35N7O5S/c1-27-39(36,37)15-3-14-38-23-5-2-4-22-21(23)16-29-33(22)24-10-12-28-26(31-24)30-19-8-6-18(7-9-19)25(35)32-13-11-20(34)17-32/h2,4-5,10,12,16,18-20,27,34H,3,6-9,11,13-15,17H2,1H3,(H,28,30,31). The van der Waals surface area contributed by atoms with Crippen LogP contribution in [0, 0.1) is 5.92 Å². The third kappa shape index (κ3) is 6.48. The highest BCUT2D eigenvalue weighted by Gasteiger charge is 2.33. The number of hydrogen-bond acceptors (Lipinski definition) is 9. The van der Waals surface area contributed by atoms with E-state index in [1.54, 1.807) is 28.0 Å². The van der Waals surface area contributed by atoms with Gasteiger partial charge in [-0.1, -0.05) is 6.07 Å². The Kier molecular flexibility index (Phi) is 8.29. The van der Waals surface area contributed by atoms with Gasteiger partial charge in [-0.25, -0.2) is 22.8 Å². The zero-order valence-electron chi connectivity index (χ0n) is 22.0. The van der Waals surface area contributed by atoms with E-state index in [9.17, 15) is 18.3 Å². The van der Waals surface area contributed by atoms with E-state index in [4.69, 9.17) is 4.74 Å². The van der Waals surface area contributed by atoms with Gasteiger partial charge in [-0.05, 0) is 57.7 Å². The Bertz CT molecular complexity index is 1400. The molecule has 39 heavy (non-hydrogen) atoms. The minimum atomic E-state index is -3.27. The van der Waals surface area contributed by atoms with Crippen molar-refractivity contribution in [1.82, 2.24) is 29.4 Å². The summed E-state index contributed by atoms with van der Waals surface area (Å²) in [6, 6.07) is 7.58. The second kappa shape index (κ2) is 11.8. The number of aliphatic hydroxyl groups is 1. The lowest BCUT2D eigenvalue weighted by atomic mass is 9.85. The maximum Gasteiger partial charge on any atom is 0.225 e. The number of anilines is 1. The third-order valence-electron chi connectivity index (χ3n) is 7.44. The lowest BCUT2D eigenvalue weighted by Gasteiger charge is -2.30. The number of aliphatic hydroxyl groups excluding tert-OH is 1. The molecule has 1 saturated heterocycles. The molecule has 3 N–H and O–H groups in total. The van der Waals surface area contributed by atoms with Crippen LogP contribution in [0.5, 0.6) is 5.75 Å². The zero-order valence-corrected chi connectivity index (χ0v) is 22.8. The van der Waals surface area contributed by atoms with Gasteiger partial charge in [-0.15, -0.1) is 0 Å². The van der Waals surface area contributed by atoms with Gasteiger partial charge in [0, 0.05) is 37.3 Å². The predicted octanol–water partition coefficient (Wildman–Crippen LogP) is 1.70. The fourth-order valence-corrected chi connectivity index (χ4v) is 5.97. The van der Waals surface area contributed by atoms with Crippen LogP contribution in [-0.2, 0) is 14.8 Å². The molecule has 0 radical (unpaired) electrons. The van der Waals surface area contributed by atoms with E-state index in [1.807, 2.05) is 18.2 Å². The van der Waals surface area contributed by atoms with Crippen molar-refractivity contribution in [2.75, 3.05) is 37.8 Å². The van der Waals surface area contributed by atoms with Crippen molar-refractivity contribution in [1.29, 1.82) is 0 Å². The molecule has 2 aliphatic rings. The number of ether oxygens (including phenoxy) is 1. The molecule has 1 saturated carbocycles. The van der Waals surface area contributed by atoms with Crippen LogP contribution >= 0.6 is 0 Å². The van der Waals surface area contributed by atoms with Crippen molar-refractivity contribution in [3.05, 3.63) is 36.7 Å². The van der Waals surface area contributed by atoms with Crippen LogP contribution in [0.2, 0.25) is 0 Å². The molecule has 5 rings (SSSR count). The number of carbonyl (C=O) groups excluding carboxylic acids is 1. The van der Waals surface area contributed by atoms with Crippen LogP contribution in [0.4, 0.5) is 5.95 Å². The van der Waals surface area contributed by atoms with Crippen LogP contribution in [0.3, 0.4) is 0 Å². The van der Waals surface area contributed by atoms with Crippen molar-refractivity contribution in [2.24, 2.45) is 5.92 Å². The number of benzene rings is 1. The fraction of sp³-hybridized carbons (Fsp3) is 0.538. The first-order valence-electron chi connectivity index (χ1n) is 13.4. The summed E-state index contributed by atoms with van der Waals surface area (Å²) in [5.74, 6) is 1.92. The molecule has 210 valence electrons. The molecule has 0 bridgehead atoms. The number of fused-ring (bicyclic) bond motifs is 1. The minimum absolute atomic E-state index is 0.00398. The van der Waals surface area contributed by atoms with Crippen LogP contribution in [0.25, 0.3) is 16.7 Å². The summed E-state index contributed by atoms with van der Waals surface area (Å²) in [7, 11) is -1.87. The van der Waals surface area contributed by atoms with Gasteiger partial charge in [0.25, 0.3) is 0 Å². The minimum Gasteiger partial charge on any atom is -0.493 e. The quantitative estimate of drug-likeness (QED) is 0.316. The van der Waals surface area contributed by atoms with Gasteiger partial charge in [0.15, 0.2) is 5.82 Å². The van der Waals surface area contributed by atoms with Crippen LogP contribution in [0.1, 0.15) is 38.5 Å². The number of sulfonamides is 1. The molecule has 1 aliphatic carbocycles. The second-order valence-corrected chi connectivity index (χ2v) is 12.2.